The maximum Gasteiger partial charge on any atom is 0.302 e. The minimum absolute atomic E-state index is 0.0951. The predicted octanol–water partition coefficient (Wildman–Crippen LogP) is 8.99. The molecule has 2 nitrogen and oxygen atoms in total. The van der Waals surface area contributed by atoms with Gasteiger partial charge in [0.05, 0.1) is 0 Å². The summed E-state index contributed by atoms with van der Waals surface area (Å²) in [6, 6.07) is 0. The molecule has 198 valence electrons. The van der Waals surface area contributed by atoms with Gasteiger partial charge < -0.3 is 4.74 Å². The van der Waals surface area contributed by atoms with E-state index in [1.165, 1.54) is 69.8 Å². The Morgan fingerprint density at radius 3 is 2.20 bits per heavy atom. The van der Waals surface area contributed by atoms with E-state index in [1.54, 1.807) is 6.92 Å². The lowest BCUT2D eigenvalue weighted by Gasteiger charge is -2.63. The summed E-state index contributed by atoms with van der Waals surface area (Å²) < 4.78 is 5.91. The van der Waals surface area contributed by atoms with Crippen molar-refractivity contribution in [3.63, 3.8) is 0 Å². The molecule has 2 heteroatoms. The van der Waals surface area contributed by atoms with Crippen LogP contribution in [0.3, 0.4) is 0 Å². The lowest BCUT2D eigenvalue weighted by atomic mass is 9.41. The SMILES string of the molecule is C=C(CC[C@@H](C)C1CC[C@@]2(C)[C@@H]3CC[C@H]4C(C)(C)[C@@H](OC(C)=O)CC[C@@]45CC35CC[C@]12C)C(C)C. The normalized spacial score (nSPS) is 48.3. The summed E-state index contributed by atoms with van der Waals surface area (Å²) >= 11 is 0. The van der Waals surface area contributed by atoms with Crippen LogP contribution in [0.1, 0.15) is 126 Å². The lowest BCUT2D eigenvalue weighted by molar-refractivity contribution is -0.181. The number of fused-ring (bicyclic) bond motifs is 2. The molecule has 2 spiro atoms. The maximum atomic E-state index is 11.9. The zero-order chi connectivity index (χ0) is 25.6. The highest BCUT2D eigenvalue weighted by Gasteiger charge is 2.82. The zero-order valence-electron chi connectivity index (χ0n) is 24.3. The van der Waals surface area contributed by atoms with Crippen LogP contribution in [0.2, 0.25) is 0 Å². The molecule has 0 aromatic rings. The quantitative estimate of drug-likeness (QED) is 0.279. The van der Waals surface area contributed by atoms with Gasteiger partial charge in [-0.15, -0.1) is 0 Å². The molecule has 2 unspecified atom stereocenters. The van der Waals surface area contributed by atoms with Gasteiger partial charge in [0.15, 0.2) is 0 Å². The van der Waals surface area contributed by atoms with Gasteiger partial charge >= 0.3 is 5.97 Å². The summed E-state index contributed by atoms with van der Waals surface area (Å²) in [5.41, 5.74) is 3.63. The standard InChI is InChI=1S/C33H54O2/c1-21(2)22(3)10-11-23(4)25-14-16-31(9)27-13-12-26-29(6,7)28(35-24(5)34)15-17-32(26)20-33(27,32)19-18-30(25,31)8/h21,23,25-28H,3,10-20H2,1-2,4-9H3/t23-,25?,26+,27+,28+,30-,31+,32-,33?/m1/s1. The first-order valence-corrected chi connectivity index (χ1v) is 15.1. The molecule has 0 N–H and O–H groups in total. The summed E-state index contributed by atoms with van der Waals surface area (Å²) in [6.45, 7) is 23.4. The molecule has 5 rings (SSSR count). The van der Waals surface area contributed by atoms with Gasteiger partial charge in [-0.3, -0.25) is 4.79 Å². The summed E-state index contributed by atoms with van der Waals surface area (Å²) in [4.78, 5) is 11.9. The van der Waals surface area contributed by atoms with Crippen LogP contribution in [-0.2, 0) is 9.53 Å². The smallest absolute Gasteiger partial charge is 0.302 e. The fourth-order valence-electron chi connectivity index (χ4n) is 11.6. The van der Waals surface area contributed by atoms with Crippen molar-refractivity contribution in [2.24, 2.45) is 56.7 Å². The fourth-order valence-corrected chi connectivity index (χ4v) is 11.6. The predicted molar refractivity (Wildman–Crippen MR) is 145 cm³/mol. The molecule has 0 radical (unpaired) electrons. The Labute approximate surface area is 216 Å². The lowest BCUT2D eigenvalue weighted by Crippen LogP contribution is -2.58. The van der Waals surface area contributed by atoms with Gasteiger partial charge in [-0.2, -0.15) is 0 Å². The molecule has 0 heterocycles. The molecule has 35 heavy (non-hydrogen) atoms. The van der Waals surface area contributed by atoms with Gasteiger partial charge in [0, 0.05) is 12.3 Å². The van der Waals surface area contributed by atoms with E-state index in [9.17, 15) is 4.79 Å². The van der Waals surface area contributed by atoms with Crippen molar-refractivity contribution in [1.29, 1.82) is 0 Å². The van der Waals surface area contributed by atoms with Crippen LogP contribution in [0.15, 0.2) is 12.2 Å². The van der Waals surface area contributed by atoms with Crippen molar-refractivity contribution in [3.05, 3.63) is 12.2 Å². The molecule has 0 aliphatic heterocycles. The maximum absolute atomic E-state index is 11.9. The number of carbonyl (C=O) groups is 1. The Morgan fingerprint density at radius 1 is 0.886 bits per heavy atom. The van der Waals surface area contributed by atoms with Crippen molar-refractivity contribution >= 4 is 5.97 Å². The minimum Gasteiger partial charge on any atom is -0.462 e. The average Bonchev–Trinajstić information content (AvgIpc) is 3.36. The number of esters is 1. The van der Waals surface area contributed by atoms with Gasteiger partial charge in [0.1, 0.15) is 6.10 Å². The zero-order valence-corrected chi connectivity index (χ0v) is 24.3. The van der Waals surface area contributed by atoms with E-state index in [4.69, 9.17) is 4.74 Å². The number of carbonyl (C=O) groups excluding carboxylic acids is 1. The van der Waals surface area contributed by atoms with Crippen LogP contribution in [0, 0.1) is 56.7 Å². The third kappa shape index (κ3) is 3.35. The Morgan fingerprint density at radius 2 is 1.54 bits per heavy atom. The highest BCUT2D eigenvalue weighted by Crippen LogP contribution is 2.89. The number of hydrogen-bond donors (Lipinski definition) is 0. The topological polar surface area (TPSA) is 26.3 Å². The first-order valence-electron chi connectivity index (χ1n) is 15.1. The van der Waals surface area contributed by atoms with Gasteiger partial charge in [0.2, 0.25) is 0 Å². The van der Waals surface area contributed by atoms with Crippen molar-refractivity contribution in [2.75, 3.05) is 0 Å². The second-order valence-corrected chi connectivity index (χ2v) is 15.4. The molecule has 0 amide bonds. The number of hydrogen-bond acceptors (Lipinski definition) is 2. The minimum atomic E-state index is -0.0951. The van der Waals surface area contributed by atoms with Crippen LogP contribution in [0.25, 0.3) is 0 Å². The van der Waals surface area contributed by atoms with Crippen LogP contribution in [0.5, 0.6) is 0 Å². The van der Waals surface area contributed by atoms with E-state index < -0.39 is 0 Å². The first kappa shape index (κ1) is 25.8. The van der Waals surface area contributed by atoms with Crippen molar-refractivity contribution in [2.45, 2.75) is 132 Å². The fraction of sp³-hybridized carbons (Fsp3) is 0.909. The van der Waals surface area contributed by atoms with Gasteiger partial charge in [-0.25, -0.2) is 0 Å². The molecule has 0 bridgehead atoms. The van der Waals surface area contributed by atoms with Crippen LogP contribution >= 0.6 is 0 Å². The number of allylic oxidation sites excluding steroid dienone is 1. The molecule has 0 aromatic carbocycles. The van der Waals surface area contributed by atoms with Crippen molar-refractivity contribution in [3.8, 4) is 0 Å². The van der Waals surface area contributed by atoms with E-state index in [0.717, 1.165) is 30.1 Å². The third-order valence-electron chi connectivity index (χ3n) is 13.8. The van der Waals surface area contributed by atoms with E-state index >= 15 is 0 Å². The third-order valence-corrected chi connectivity index (χ3v) is 13.8. The molecule has 5 saturated carbocycles. The van der Waals surface area contributed by atoms with E-state index in [-0.39, 0.29) is 17.5 Å². The summed E-state index contributed by atoms with van der Waals surface area (Å²) in [5.74, 6) is 3.80. The summed E-state index contributed by atoms with van der Waals surface area (Å²) in [5, 5.41) is 0. The van der Waals surface area contributed by atoms with Crippen molar-refractivity contribution in [1.82, 2.24) is 0 Å². The molecular weight excluding hydrogens is 428 g/mol. The first-order chi connectivity index (χ1) is 16.3. The van der Waals surface area contributed by atoms with Crippen molar-refractivity contribution < 1.29 is 9.53 Å². The second kappa shape index (κ2) is 8.10. The Bertz CT molecular complexity index is 886. The number of ether oxygens (including phenoxy) is 1. The Kier molecular flexibility index (Phi) is 5.98. The number of rotatable bonds is 6. The second-order valence-electron chi connectivity index (χ2n) is 15.4. The average molecular weight is 483 g/mol. The van der Waals surface area contributed by atoms with Crippen LogP contribution in [-0.4, -0.2) is 12.1 Å². The highest BCUT2D eigenvalue weighted by molar-refractivity contribution is 5.66. The highest BCUT2D eigenvalue weighted by atomic mass is 16.5. The molecule has 5 aliphatic carbocycles. The molecule has 0 aromatic heterocycles. The van der Waals surface area contributed by atoms with Crippen LogP contribution in [0.4, 0.5) is 0 Å². The molecule has 9 atom stereocenters. The summed E-state index contributed by atoms with van der Waals surface area (Å²) in [7, 11) is 0. The molecular formula is C33H54O2. The Hall–Kier alpha value is -0.790. The Balaban J connectivity index is 1.37. The monoisotopic (exact) mass is 482 g/mol. The van der Waals surface area contributed by atoms with Gasteiger partial charge in [-0.05, 0) is 122 Å². The molecule has 0 saturated heterocycles. The molecule has 5 fully saturated rings. The molecule has 5 aliphatic rings. The van der Waals surface area contributed by atoms with Gasteiger partial charge in [-0.1, -0.05) is 60.6 Å². The van der Waals surface area contributed by atoms with E-state index in [2.05, 4.69) is 55.0 Å². The van der Waals surface area contributed by atoms with Gasteiger partial charge in [0.25, 0.3) is 0 Å². The summed E-state index contributed by atoms with van der Waals surface area (Å²) in [6.07, 6.45) is 15.0. The largest absolute Gasteiger partial charge is 0.462 e. The van der Waals surface area contributed by atoms with E-state index in [0.29, 0.717) is 27.6 Å². The van der Waals surface area contributed by atoms with Crippen LogP contribution < -0.4 is 0 Å². The van der Waals surface area contributed by atoms with E-state index in [1.807, 2.05) is 0 Å².